The van der Waals surface area contributed by atoms with Gasteiger partial charge in [0.25, 0.3) is 5.91 Å². The summed E-state index contributed by atoms with van der Waals surface area (Å²) in [5.41, 5.74) is 4.84. The molecule has 1 fully saturated rings. The zero-order valence-corrected chi connectivity index (χ0v) is 17.4. The van der Waals surface area contributed by atoms with E-state index < -0.39 is 0 Å². The van der Waals surface area contributed by atoms with Gasteiger partial charge in [-0.25, -0.2) is 4.68 Å². The Morgan fingerprint density at radius 3 is 2.65 bits per heavy atom. The van der Waals surface area contributed by atoms with Gasteiger partial charge in [-0.15, -0.1) is 0 Å². The molecule has 2 aromatic carbocycles. The van der Waals surface area contributed by atoms with Crippen LogP contribution in [0.15, 0.2) is 48.5 Å². The summed E-state index contributed by atoms with van der Waals surface area (Å²) in [6.45, 7) is 0.654. The standard InChI is InChI=1S/C24H24N4O3/c1-31-21-13-12-16(15-20(21)27-14-6-11-22(27)29)25-24(30)23-18-9-5-10-19(18)28(26-23)17-7-3-2-4-8-17/h2-4,7-8,12-13,15H,5-6,9-11,14H2,1H3,(H,25,30). The normalized spacial score (nSPS) is 15.3. The van der Waals surface area contributed by atoms with Crippen molar-refractivity contribution in [1.29, 1.82) is 0 Å². The van der Waals surface area contributed by atoms with Gasteiger partial charge >= 0.3 is 0 Å². The molecule has 31 heavy (non-hydrogen) atoms. The van der Waals surface area contributed by atoms with Gasteiger partial charge in [0.2, 0.25) is 5.91 Å². The fourth-order valence-electron chi connectivity index (χ4n) is 4.47. The van der Waals surface area contributed by atoms with Crippen LogP contribution < -0.4 is 15.0 Å². The highest BCUT2D eigenvalue weighted by molar-refractivity contribution is 6.05. The van der Waals surface area contributed by atoms with E-state index in [0.717, 1.165) is 42.6 Å². The van der Waals surface area contributed by atoms with Crippen LogP contribution in [-0.4, -0.2) is 35.2 Å². The number of fused-ring (bicyclic) bond motifs is 1. The molecule has 2 aliphatic rings. The highest BCUT2D eigenvalue weighted by Crippen LogP contribution is 2.34. The Balaban J connectivity index is 1.45. The van der Waals surface area contributed by atoms with E-state index in [1.54, 1.807) is 30.2 Å². The second-order valence-electron chi connectivity index (χ2n) is 7.86. The van der Waals surface area contributed by atoms with E-state index >= 15 is 0 Å². The van der Waals surface area contributed by atoms with Crippen molar-refractivity contribution in [3.05, 3.63) is 65.5 Å². The summed E-state index contributed by atoms with van der Waals surface area (Å²) in [7, 11) is 1.58. The van der Waals surface area contributed by atoms with E-state index in [2.05, 4.69) is 10.4 Å². The third-order valence-corrected chi connectivity index (χ3v) is 5.95. The van der Waals surface area contributed by atoms with E-state index in [1.807, 2.05) is 35.0 Å². The fraction of sp³-hybridized carbons (Fsp3) is 0.292. The second-order valence-corrected chi connectivity index (χ2v) is 7.86. The van der Waals surface area contributed by atoms with Gasteiger partial charge in [-0.3, -0.25) is 9.59 Å². The zero-order valence-electron chi connectivity index (χ0n) is 17.4. The molecule has 1 N–H and O–H groups in total. The molecular weight excluding hydrogens is 392 g/mol. The van der Waals surface area contributed by atoms with Crippen LogP contribution >= 0.6 is 0 Å². The Hall–Kier alpha value is -3.61. The number of nitrogens with one attached hydrogen (secondary N) is 1. The molecule has 0 radical (unpaired) electrons. The Kier molecular flexibility index (Phi) is 4.94. The number of ether oxygens (including phenoxy) is 1. The molecule has 3 aromatic rings. The molecule has 1 saturated heterocycles. The van der Waals surface area contributed by atoms with Crippen LogP contribution in [0.25, 0.3) is 5.69 Å². The lowest BCUT2D eigenvalue weighted by Gasteiger charge is -2.20. The average Bonchev–Trinajstić information content (AvgIpc) is 3.51. The maximum atomic E-state index is 13.2. The minimum Gasteiger partial charge on any atom is -0.495 e. The maximum Gasteiger partial charge on any atom is 0.276 e. The van der Waals surface area contributed by atoms with Gasteiger partial charge in [-0.1, -0.05) is 18.2 Å². The largest absolute Gasteiger partial charge is 0.495 e. The summed E-state index contributed by atoms with van der Waals surface area (Å²) < 4.78 is 7.33. The summed E-state index contributed by atoms with van der Waals surface area (Å²) in [5, 5.41) is 7.63. The molecule has 7 heteroatoms. The molecule has 0 spiro atoms. The van der Waals surface area contributed by atoms with Gasteiger partial charge in [0.15, 0.2) is 5.69 Å². The monoisotopic (exact) mass is 416 g/mol. The average molecular weight is 416 g/mol. The topological polar surface area (TPSA) is 76.5 Å². The first kappa shape index (κ1) is 19.4. The lowest BCUT2D eigenvalue weighted by molar-refractivity contribution is -0.117. The van der Waals surface area contributed by atoms with Crippen molar-refractivity contribution in [3.63, 3.8) is 0 Å². The third kappa shape index (κ3) is 3.46. The second kappa shape index (κ2) is 7.91. The molecule has 7 nitrogen and oxygen atoms in total. The number of aromatic nitrogens is 2. The fourth-order valence-corrected chi connectivity index (χ4v) is 4.47. The van der Waals surface area contributed by atoms with Crippen LogP contribution in [0.4, 0.5) is 11.4 Å². The number of anilines is 2. The molecule has 5 rings (SSSR count). The summed E-state index contributed by atoms with van der Waals surface area (Å²) in [4.78, 5) is 27.1. The molecule has 0 bridgehead atoms. The molecule has 0 unspecified atom stereocenters. The van der Waals surface area contributed by atoms with Gasteiger partial charge < -0.3 is 15.0 Å². The van der Waals surface area contributed by atoms with Crippen molar-refractivity contribution >= 4 is 23.2 Å². The summed E-state index contributed by atoms with van der Waals surface area (Å²) in [5.74, 6) is 0.445. The van der Waals surface area contributed by atoms with Gasteiger partial charge in [-0.05, 0) is 56.0 Å². The minimum atomic E-state index is -0.239. The van der Waals surface area contributed by atoms with E-state index in [0.29, 0.717) is 35.8 Å². The Morgan fingerprint density at radius 1 is 1.06 bits per heavy atom. The smallest absolute Gasteiger partial charge is 0.276 e. The third-order valence-electron chi connectivity index (χ3n) is 5.95. The Bertz CT molecular complexity index is 1150. The van der Waals surface area contributed by atoms with Gasteiger partial charge in [0.1, 0.15) is 5.75 Å². The van der Waals surface area contributed by atoms with Gasteiger partial charge in [0, 0.05) is 29.9 Å². The van der Waals surface area contributed by atoms with Crippen molar-refractivity contribution < 1.29 is 14.3 Å². The van der Waals surface area contributed by atoms with Crippen LogP contribution in [0.1, 0.15) is 41.0 Å². The molecule has 1 aromatic heterocycles. The van der Waals surface area contributed by atoms with Crippen molar-refractivity contribution in [3.8, 4) is 11.4 Å². The van der Waals surface area contributed by atoms with Crippen molar-refractivity contribution in [1.82, 2.24) is 9.78 Å². The van der Waals surface area contributed by atoms with Crippen LogP contribution in [0.5, 0.6) is 5.75 Å². The zero-order chi connectivity index (χ0) is 21.4. The van der Waals surface area contributed by atoms with Crippen LogP contribution in [0, 0.1) is 0 Å². The molecule has 2 amide bonds. The van der Waals surface area contributed by atoms with Crippen LogP contribution in [0.2, 0.25) is 0 Å². The number of rotatable bonds is 5. The number of hydrogen-bond acceptors (Lipinski definition) is 4. The van der Waals surface area contributed by atoms with Crippen LogP contribution in [-0.2, 0) is 17.6 Å². The van der Waals surface area contributed by atoms with E-state index in [-0.39, 0.29) is 11.8 Å². The SMILES string of the molecule is COc1ccc(NC(=O)c2nn(-c3ccccc3)c3c2CCC3)cc1N1CCCC1=O. The first-order chi connectivity index (χ1) is 15.2. The van der Waals surface area contributed by atoms with E-state index in [1.165, 1.54) is 0 Å². The molecule has 2 heterocycles. The number of carbonyl (C=O) groups is 2. The molecule has 1 aliphatic heterocycles. The van der Waals surface area contributed by atoms with Crippen molar-refractivity contribution in [2.24, 2.45) is 0 Å². The summed E-state index contributed by atoms with van der Waals surface area (Å²) >= 11 is 0. The first-order valence-corrected chi connectivity index (χ1v) is 10.6. The number of methoxy groups -OCH3 is 1. The van der Waals surface area contributed by atoms with Crippen molar-refractivity contribution in [2.45, 2.75) is 32.1 Å². The Morgan fingerprint density at radius 2 is 1.90 bits per heavy atom. The lowest BCUT2D eigenvalue weighted by Crippen LogP contribution is -2.24. The predicted molar refractivity (Wildman–Crippen MR) is 118 cm³/mol. The quantitative estimate of drug-likeness (QED) is 0.687. The minimum absolute atomic E-state index is 0.0706. The molecule has 158 valence electrons. The van der Waals surface area contributed by atoms with Gasteiger partial charge in [0.05, 0.1) is 18.5 Å². The Labute approximate surface area is 180 Å². The highest BCUT2D eigenvalue weighted by atomic mass is 16.5. The number of carbonyl (C=O) groups excluding carboxylic acids is 2. The van der Waals surface area contributed by atoms with E-state index in [9.17, 15) is 9.59 Å². The summed E-state index contributed by atoms with van der Waals surface area (Å²) in [6, 6.07) is 15.3. The van der Waals surface area contributed by atoms with Crippen molar-refractivity contribution in [2.75, 3.05) is 23.9 Å². The van der Waals surface area contributed by atoms with Gasteiger partial charge in [-0.2, -0.15) is 5.10 Å². The highest BCUT2D eigenvalue weighted by Gasteiger charge is 2.28. The summed E-state index contributed by atoms with van der Waals surface area (Å²) in [6.07, 6.45) is 4.13. The molecular formula is C24H24N4O3. The van der Waals surface area contributed by atoms with E-state index in [4.69, 9.17) is 4.74 Å². The predicted octanol–water partition coefficient (Wildman–Crippen LogP) is 3.75. The number of benzene rings is 2. The lowest BCUT2D eigenvalue weighted by atomic mass is 10.2. The number of amides is 2. The molecule has 1 aliphatic carbocycles. The van der Waals surface area contributed by atoms with Crippen LogP contribution in [0.3, 0.4) is 0 Å². The molecule has 0 saturated carbocycles. The first-order valence-electron chi connectivity index (χ1n) is 10.6. The number of hydrogen-bond donors (Lipinski definition) is 1. The molecule has 0 atom stereocenters. The number of para-hydroxylation sites is 1. The maximum absolute atomic E-state index is 13.2. The number of nitrogens with zero attached hydrogens (tertiary/aromatic N) is 3.